The van der Waals surface area contributed by atoms with Crippen LogP contribution < -0.4 is 0 Å². The summed E-state index contributed by atoms with van der Waals surface area (Å²) in [5, 5.41) is 7.97. The van der Waals surface area contributed by atoms with Crippen molar-refractivity contribution in [3.8, 4) is 33.4 Å². The Kier molecular flexibility index (Phi) is 4.57. The Hall–Kier alpha value is -6.70. The third kappa shape index (κ3) is 4.09. The van der Waals surface area contributed by atoms with Crippen LogP contribution in [0.15, 0.2) is 186 Å². The molecule has 0 aliphatic heterocycles. The molecule has 11 aromatic rings. The first-order valence-corrected chi connectivity index (χ1v) is 16.9. The molecule has 0 N–H and O–H groups in total. The van der Waals surface area contributed by atoms with Crippen molar-refractivity contribution < 1.29 is 15.4 Å². The molecular formula is C50H30O. The van der Waals surface area contributed by atoms with Crippen LogP contribution in [0.2, 0.25) is 0 Å². The van der Waals surface area contributed by atoms with E-state index in [-0.39, 0.29) is 45.7 Å². The Labute approximate surface area is 305 Å². The van der Waals surface area contributed by atoms with Crippen LogP contribution in [0.25, 0.3) is 109 Å². The van der Waals surface area contributed by atoms with Gasteiger partial charge in [-0.15, -0.1) is 0 Å². The number of rotatable bonds is 3. The average Bonchev–Trinajstić information content (AvgIpc) is 3.67. The van der Waals surface area contributed by atoms with Gasteiger partial charge in [-0.05, 0) is 99.4 Å². The lowest BCUT2D eigenvalue weighted by Gasteiger charge is -2.21. The van der Waals surface area contributed by atoms with Gasteiger partial charge in [0, 0.05) is 10.8 Å². The predicted octanol–water partition coefficient (Wildman–Crippen LogP) is 14.4. The predicted molar refractivity (Wildman–Crippen MR) is 218 cm³/mol. The van der Waals surface area contributed by atoms with E-state index in [9.17, 15) is 5.48 Å². The summed E-state index contributed by atoms with van der Waals surface area (Å²) in [4.78, 5) is 0. The zero-order chi connectivity index (χ0) is 40.4. The Morgan fingerprint density at radius 3 is 1.51 bits per heavy atom. The topological polar surface area (TPSA) is 13.1 Å². The molecule has 0 fully saturated rings. The number of benzene rings is 10. The molecule has 0 aliphatic rings. The summed E-state index contributed by atoms with van der Waals surface area (Å²) in [5.74, 6) is 0. The monoisotopic (exact) mass is 654 g/mol. The van der Waals surface area contributed by atoms with Crippen molar-refractivity contribution in [1.29, 1.82) is 0 Å². The van der Waals surface area contributed by atoms with Gasteiger partial charge in [-0.1, -0.05) is 170 Å². The molecule has 0 aliphatic carbocycles. The van der Waals surface area contributed by atoms with E-state index >= 15 is 0 Å². The molecule has 0 spiro atoms. The summed E-state index contributed by atoms with van der Waals surface area (Å²) in [5.41, 5.74) is 4.71. The fourth-order valence-electron chi connectivity index (χ4n) is 8.17. The Bertz CT molecular complexity index is 3580. The zero-order valence-electron chi connectivity index (χ0n) is 35.1. The normalized spacial score (nSPS) is 14.1. The second-order valence-corrected chi connectivity index (χ2v) is 12.9. The van der Waals surface area contributed by atoms with Gasteiger partial charge in [0.15, 0.2) is 0 Å². The van der Waals surface area contributed by atoms with Crippen molar-refractivity contribution in [2.45, 2.75) is 0 Å². The van der Waals surface area contributed by atoms with Crippen LogP contribution in [0.5, 0.6) is 0 Å². The van der Waals surface area contributed by atoms with E-state index in [4.69, 9.17) is 9.90 Å². The van der Waals surface area contributed by atoms with E-state index in [2.05, 4.69) is 12.1 Å². The van der Waals surface area contributed by atoms with Gasteiger partial charge in [0.05, 0.1) is 11.0 Å². The summed E-state index contributed by atoms with van der Waals surface area (Å²) in [7, 11) is 0. The van der Waals surface area contributed by atoms with Crippen LogP contribution in [0, 0.1) is 0 Å². The largest absolute Gasteiger partial charge is 0.456 e. The zero-order valence-corrected chi connectivity index (χ0v) is 27.1. The third-order valence-corrected chi connectivity index (χ3v) is 10.3. The van der Waals surface area contributed by atoms with Gasteiger partial charge < -0.3 is 4.42 Å². The SMILES string of the molecule is [2H]c1c([2H])c([2H])c2c(-c3cccc4ccccc34)c3c([2H])c([2H])c([2H])c([2H])c3c(-c3ccc4ccccc4c3-c3cccc4oc5ccc6ccccc6c5c34)c2c1[2H]. The second-order valence-electron chi connectivity index (χ2n) is 12.9. The summed E-state index contributed by atoms with van der Waals surface area (Å²) in [6, 6.07) is 40.3. The smallest absolute Gasteiger partial charge is 0.136 e. The first kappa shape index (κ1) is 21.4. The van der Waals surface area contributed by atoms with Crippen LogP contribution >= 0.6 is 0 Å². The molecule has 11 rings (SSSR count). The van der Waals surface area contributed by atoms with Crippen molar-refractivity contribution in [3.63, 3.8) is 0 Å². The van der Waals surface area contributed by atoms with E-state index in [0.717, 1.165) is 54.2 Å². The van der Waals surface area contributed by atoms with Crippen molar-refractivity contribution in [1.82, 2.24) is 0 Å². The van der Waals surface area contributed by atoms with Crippen LogP contribution in [-0.4, -0.2) is 0 Å². The second kappa shape index (κ2) is 10.9. The minimum atomic E-state index is -0.440. The molecule has 0 radical (unpaired) electrons. The maximum Gasteiger partial charge on any atom is 0.136 e. The third-order valence-electron chi connectivity index (χ3n) is 10.3. The molecule has 1 aromatic heterocycles. The van der Waals surface area contributed by atoms with E-state index in [1.807, 2.05) is 121 Å². The lowest BCUT2D eigenvalue weighted by Crippen LogP contribution is -1.94. The molecule has 0 bridgehead atoms. The minimum absolute atomic E-state index is 0.169. The van der Waals surface area contributed by atoms with Gasteiger partial charge >= 0.3 is 0 Å². The standard InChI is InChI=1S/C50H30O/c1-4-17-34-31(13-1)16-11-24-37(34)47-38-20-7-9-22-40(38)48(41-23-10-8-21-39(41)47)43-29-27-32-14-2-5-18-35(32)46(43)42-25-12-26-44-50(42)49-36-19-6-3-15-33(36)28-30-45(49)51-44/h1-30H/i7D,8D,9D,10D,20D,21D,22D,23D. The van der Waals surface area contributed by atoms with Crippen LogP contribution in [0.4, 0.5) is 0 Å². The lowest BCUT2D eigenvalue weighted by molar-refractivity contribution is 0.669. The van der Waals surface area contributed by atoms with Crippen LogP contribution in [0.3, 0.4) is 0 Å². The van der Waals surface area contributed by atoms with Gasteiger partial charge in [0.25, 0.3) is 0 Å². The first-order chi connectivity index (χ1) is 28.7. The first-order valence-electron chi connectivity index (χ1n) is 20.9. The van der Waals surface area contributed by atoms with Crippen molar-refractivity contribution >= 4 is 75.8 Å². The van der Waals surface area contributed by atoms with E-state index in [1.54, 1.807) is 0 Å². The number of hydrogen-bond acceptors (Lipinski definition) is 1. The molecule has 10 aromatic carbocycles. The molecule has 236 valence electrons. The average molecular weight is 655 g/mol. The molecule has 1 heteroatoms. The Balaban J connectivity index is 1.43. The lowest BCUT2D eigenvalue weighted by atomic mass is 9.81. The van der Waals surface area contributed by atoms with Crippen molar-refractivity contribution in [2.75, 3.05) is 0 Å². The molecule has 0 amide bonds. The van der Waals surface area contributed by atoms with Crippen molar-refractivity contribution in [3.05, 3.63) is 182 Å². The highest BCUT2D eigenvalue weighted by Gasteiger charge is 2.23. The Morgan fingerprint density at radius 1 is 0.314 bits per heavy atom. The molecule has 0 saturated heterocycles. The van der Waals surface area contributed by atoms with Crippen LogP contribution in [0.1, 0.15) is 11.0 Å². The highest BCUT2D eigenvalue weighted by atomic mass is 16.3. The summed E-state index contributed by atoms with van der Waals surface area (Å²) in [6.45, 7) is 0. The number of furan rings is 1. The van der Waals surface area contributed by atoms with Gasteiger partial charge in [-0.2, -0.15) is 0 Å². The van der Waals surface area contributed by atoms with Crippen molar-refractivity contribution in [2.24, 2.45) is 0 Å². The number of hydrogen-bond donors (Lipinski definition) is 0. The maximum atomic E-state index is 9.68. The summed E-state index contributed by atoms with van der Waals surface area (Å²) >= 11 is 0. The highest BCUT2D eigenvalue weighted by molar-refractivity contribution is 6.28. The minimum Gasteiger partial charge on any atom is -0.456 e. The van der Waals surface area contributed by atoms with E-state index in [1.165, 1.54) is 0 Å². The molecule has 1 heterocycles. The fraction of sp³-hybridized carbons (Fsp3) is 0. The van der Waals surface area contributed by atoms with E-state index < -0.39 is 24.2 Å². The molecule has 0 unspecified atom stereocenters. The fourth-order valence-corrected chi connectivity index (χ4v) is 8.17. The van der Waals surface area contributed by atoms with Gasteiger partial charge in [-0.25, -0.2) is 0 Å². The highest BCUT2D eigenvalue weighted by Crippen LogP contribution is 2.50. The molecule has 0 saturated carbocycles. The maximum absolute atomic E-state index is 9.68. The number of fused-ring (bicyclic) bond motifs is 9. The van der Waals surface area contributed by atoms with E-state index in [0.29, 0.717) is 33.4 Å². The molecule has 0 atom stereocenters. The molecular weight excluding hydrogens is 617 g/mol. The van der Waals surface area contributed by atoms with Crippen LogP contribution in [-0.2, 0) is 0 Å². The Morgan fingerprint density at radius 2 is 0.804 bits per heavy atom. The summed E-state index contributed by atoms with van der Waals surface area (Å²) < 4.78 is 81.2. The van der Waals surface area contributed by atoms with Gasteiger partial charge in [-0.3, -0.25) is 0 Å². The molecule has 1 nitrogen and oxygen atoms in total. The van der Waals surface area contributed by atoms with Gasteiger partial charge in [0.2, 0.25) is 0 Å². The quantitative estimate of drug-likeness (QED) is 0.173. The van der Waals surface area contributed by atoms with Gasteiger partial charge in [0.1, 0.15) is 11.2 Å². The summed E-state index contributed by atoms with van der Waals surface area (Å²) in [6.07, 6.45) is 0. The molecule has 51 heavy (non-hydrogen) atoms.